The van der Waals surface area contributed by atoms with E-state index >= 15 is 0 Å². The molecule has 0 spiro atoms. The number of hydrogen-bond donors (Lipinski definition) is 0. The molecule has 0 radical (unpaired) electrons. The lowest BCUT2D eigenvalue weighted by molar-refractivity contribution is -0.130. The van der Waals surface area contributed by atoms with Crippen LogP contribution in [0.3, 0.4) is 0 Å². The summed E-state index contributed by atoms with van der Waals surface area (Å²) in [5, 5.41) is 0. The lowest BCUT2D eigenvalue weighted by Gasteiger charge is -2.36. The molecule has 27 heavy (non-hydrogen) atoms. The number of nitrogens with zero attached hydrogens (tertiary/aromatic N) is 3. The number of halogens is 1. The summed E-state index contributed by atoms with van der Waals surface area (Å²) < 4.78 is 19.4. The Labute approximate surface area is 157 Å². The summed E-state index contributed by atoms with van der Waals surface area (Å²) in [6, 6.07) is 16.3. The molecule has 0 aliphatic carbocycles. The number of oxazole rings is 1. The van der Waals surface area contributed by atoms with Gasteiger partial charge in [0.2, 0.25) is 11.8 Å². The number of carbonyl (C=O) groups excluding carboxylic acids is 1. The minimum atomic E-state index is -0.228. The zero-order chi connectivity index (χ0) is 18.6. The van der Waals surface area contributed by atoms with Crippen molar-refractivity contribution in [2.75, 3.05) is 31.1 Å². The Kier molecular flexibility index (Phi) is 4.87. The van der Waals surface area contributed by atoms with Gasteiger partial charge in [-0.3, -0.25) is 4.79 Å². The molecule has 0 atom stereocenters. The van der Waals surface area contributed by atoms with Gasteiger partial charge in [-0.1, -0.05) is 30.3 Å². The van der Waals surface area contributed by atoms with Crippen LogP contribution in [0.15, 0.2) is 65.3 Å². The van der Waals surface area contributed by atoms with Crippen LogP contribution in [0.5, 0.6) is 0 Å². The Morgan fingerprint density at radius 3 is 2.44 bits per heavy atom. The highest BCUT2D eigenvalue weighted by Crippen LogP contribution is 2.21. The Balaban J connectivity index is 1.35. The molecule has 1 amide bonds. The maximum atomic E-state index is 13.9. The van der Waals surface area contributed by atoms with Gasteiger partial charge in [0, 0.05) is 31.7 Å². The summed E-state index contributed by atoms with van der Waals surface area (Å²) in [7, 11) is 0. The summed E-state index contributed by atoms with van der Waals surface area (Å²) in [6.45, 7) is 2.36. The molecular formula is C21H20FN3O2. The quantitative estimate of drug-likeness (QED) is 0.711. The molecule has 0 N–H and O–H groups in total. The largest absolute Gasteiger partial charge is 0.444 e. The molecule has 4 rings (SSSR count). The van der Waals surface area contributed by atoms with Gasteiger partial charge in [-0.05, 0) is 24.3 Å². The lowest BCUT2D eigenvalue weighted by Crippen LogP contribution is -2.49. The summed E-state index contributed by atoms with van der Waals surface area (Å²) >= 11 is 0. The zero-order valence-corrected chi connectivity index (χ0v) is 14.8. The number of piperazine rings is 1. The van der Waals surface area contributed by atoms with Gasteiger partial charge in [0.25, 0.3) is 0 Å². The van der Waals surface area contributed by atoms with Crippen molar-refractivity contribution in [3.63, 3.8) is 0 Å². The standard InChI is InChI=1S/C21H20FN3O2/c22-18-8-4-5-9-19(18)24-10-12-25(13-11-24)20(26)14-17-15-27-21(23-17)16-6-2-1-3-7-16/h1-9,15H,10-14H2. The van der Waals surface area contributed by atoms with Gasteiger partial charge in [-0.25, -0.2) is 9.37 Å². The maximum absolute atomic E-state index is 13.9. The van der Waals surface area contributed by atoms with E-state index in [1.54, 1.807) is 17.0 Å². The first-order chi connectivity index (χ1) is 13.2. The van der Waals surface area contributed by atoms with Crippen LogP contribution in [0.25, 0.3) is 11.5 Å². The van der Waals surface area contributed by atoms with Gasteiger partial charge in [0.15, 0.2) is 0 Å². The molecule has 3 aromatic rings. The van der Waals surface area contributed by atoms with Crippen LogP contribution in [0.4, 0.5) is 10.1 Å². The molecule has 6 heteroatoms. The van der Waals surface area contributed by atoms with Crippen LogP contribution in [-0.4, -0.2) is 42.0 Å². The number of hydrogen-bond acceptors (Lipinski definition) is 4. The number of para-hydroxylation sites is 1. The lowest BCUT2D eigenvalue weighted by atomic mass is 10.2. The normalized spacial score (nSPS) is 14.4. The minimum absolute atomic E-state index is 0.0103. The monoisotopic (exact) mass is 365 g/mol. The second-order valence-corrected chi connectivity index (χ2v) is 6.51. The molecule has 5 nitrogen and oxygen atoms in total. The van der Waals surface area contributed by atoms with Crippen LogP contribution in [-0.2, 0) is 11.2 Å². The fourth-order valence-electron chi connectivity index (χ4n) is 3.27. The van der Waals surface area contributed by atoms with Crippen LogP contribution in [0.2, 0.25) is 0 Å². The van der Waals surface area contributed by atoms with E-state index in [1.807, 2.05) is 41.3 Å². The van der Waals surface area contributed by atoms with Crippen molar-refractivity contribution in [1.82, 2.24) is 9.88 Å². The predicted octanol–water partition coefficient (Wildman–Crippen LogP) is 3.37. The first kappa shape index (κ1) is 17.3. The first-order valence-electron chi connectivity index (χ1n) is 8.98. The molecule has 1 saturated heterocycles. The maximum Gasteiger partial charge on any atom is 0.228 e. The van der Waals surface area contributed by atoms with Crippen LogP contribution in [0, 0.1) is 5.82 Å². The average Bonchev–Trinajstić information content (AvgIpc) is 3.18. The highest BCUT2D eigenvalue weighted by Gasteiger charge is 2.23. The number of anilines is 1. The molecule has 2 aromatic carbocycles. The molecule has 0 unspecified atom stereocenters. The number of benzene rings is 2. The van der Waals surface area contributed by atoms with Crippen LogP contribution < -0.4 is 4.90 Å². The van der Waals surface area contributed by atoms with E-state index < -0.39 is 0 Å². The Morgan fingerprint density at radius 1 is 1.00 bits per heavy atom. The number of aromatic nitrogens is 1. The van der Waals surface area contributed by atoms with Gasteiger partial charge in [0.05, 0.1) is 17.8 Å². The smallest absolute Gasteiger partial charge is 0.228 e. The Bertz CT molecular complexity index is 918. The molecule has 1 aromatic heterocycles. The van der Waals surface area contributed by atoms with E-state index in [0.29, 0.717) is 43.5 Å². The second-order valence-electron chi connectivity index (χ2n) is 6.51. The second kappa shape index (κ2) is 7.61. The number of carbonyl (C=O) groups is 1. The zero-order valence-electron chi connectivity index (χ0n) is 14.8. The third-order valence-corrected chi connectivity index (χ3v) is 4.73. The van der Waals surface area contributed by atoms with Gasteiger partial charge >= 0.3 is 0 Å². The SMILES string of the molecule is O=C(Cc1coc(-c2ccccc2)n1)N1CCN(c2ccccc2F)CC1. The van der Waals surface area contributed by atoms with Gasteiger partial charge in [-0.15, -0.1) is 0 Å². The minimum Gasteiger partial charge on any atom is -0.444 e. The van der Waals surface area contributed by atoms with E-state index in [0.717, 1.165) is 5.56 Å². The number of amides is 1. The van der Waals surface area contributed by atoms with Crippen molar-refractivity contribution in [1.29, 1.82) is 0 Å². The average molecular weight is 365 g/mol. The van der Waals surface area contributed by atoms with E-state index in [1.165, 1.54) is 12.3 Å². The molecule has 1 fully saturated rings. The molecular weight excluding hydrogens is 345 g/mol. The number of rotatable bonds is 4. The van der Waals surface area contributed by atoms with Crippen LogP contribution >= 0.6 is 0 Å². The molecule has 138 valence electrons. The van der Waals surface area contributed by atoms with Gasteiger partial charge in [0.1, 0.15) is 12.1 Å². The van der Waals surface area contributed by atoms with Gasteiger partial charge in [-0.2, -0.15) is 0 Å². The van der Waals surface area contributed by atoms with Crippen LogP contribution in [0.1, 0.15) is 5.69 Å². The molecule has 0 bridgehead atoms. The summed E-state index contributed by atoms with van der Waals surface area (Å²) in [4.78, 5) is 20.8. The van der Waals surface area contributed by atoms with Crippen molar-refractivity contribution in [2.24, 2.45) is 0 Å². The van der Waals surface area contributed by atoms with Gasteiger partial charge < -0.3 is 14.2 Å². The Hall–Kier alpha value is -3.15. The third kappa shape index (κ3) is 3.84. The van der Waals surface area contributed by atoms with E-state index in [9.17, 15) is 9.18 Å². The molecule has 1 aliphatic heterocycles. The van der Waals surface area contributed by atoms with Crippen molar-refractivity contribution < 1.29 is 13.6 Å². The van der Waals surface area contributed by atoms with Crippen molar-refractivity contribution in [2.45, 2.75) is 6.42 Å². The van der Waals surface area contributed by atoms with E-state index in [2.05, 4.69) is 4.98 Å². The summed E-state index contributed by atoms with van der Waals surface area (Å²) in [5.41, 5.74) is 2.10. The highest BCUT2D eigenvalue weighted by molar-refractivity contribution is 5.78. The molecule has 1 aliphatic rings. The highest BCUT2D eigenvalue weighted by atomic mass is 19.1. The summed E-state index contributed by atoms with van der Waals surface area (Å²) in [5.74, 6) is 0.298. The fourth-order valence-corrected chi connectivity index (χ4v) is 3.27. The molecule has 2 heterocycles. The van der Waals surface area contributed by atoms with E-state index in [4.69, 9.17) is 4.42 Å². The third-order valence-electron chi connectivity index (χ3n) is 4.73. The predicted molar refractivity (Wildman–Crippen MR) is 101 cm³/mol. The van der Waals surface area contributed by atoms with E-state index in [-0.39, 0.29) is 18.1 Å². The van der Waals surface area contributed by atoms with Crippen molar-refractivity contribution in [3.8, 4) is 11.5 Å². The van der Waals surface area contributed by atoms with Crippen molar-refractivity contribution in [3.05, 3.63) is 72.4 Å². The summed E-state index contributed by atoms with van der Waals surface area (Å²) in [6.07, 6.45) is 1.74. The first-order valence-corrected chi connectivity index (χ1v) is 8.98. The topological polar surface area (TPSA) is 49.6 Å². The van der Waals surface area contributed by atoms with Crippen molar-refractivity contribution >= 4 is 11.6 Å². The Morgan fingerprint density at radius 2 is 1.70 bits per heavy atom. The fraction of sp³-hybridized carbons (Fsp3) is 0.238. The molecule has 0 saturated carbocycles.